The molecule has 1 aliphatic rings. The van der Waals surface area contributed by atoms with Crippen molar-refractivity contribution < 1.29 is 23.0 Å². The number of amides is 1. The second-order valence-electron chi connectivity index (χ2n) is 7.23. The van der Waals surface area contributed by atoms with E-state index in [1.165, 1.54) is 13.2 Å². The number of methoxy groups -OCH3 is 1. The molecule has 0 saturated carbocycles. The zero-order chi connectivity index (χ0) is 22.9. The first-order valence-corrected chi connectivity index (χ1v) is 10.5. The second kappa shape index (κ2) is 11.3. The Morgan fingerprint density at radius 3 is 2.50 bits per heavy atom. The molecule has 0 spiro atoms. The number of carbonyl (C=O) groups excluding carboxylic acids is 1. The van der Waals surface area contributed by atoms with Crippen LogP contribution >= 0.6 is 0 Å². The number of hydrogen-bond acceptors (Lipinski definition) is 4. The molecule has 0 bridgehead atoms. The Morgan fingerprint density at radius 2 is 1.88 bits per heavy atom. The van der Waals surface area contributed by atoms with Gasteiger partial charge in [0.2, 0.25) is 5.91 Å². The molecule has 0 aromatic heterocycles. The summed E-state index contributed by atoms with van der Waals surface area (Å²) in [6.45, 7) is 1.28. The van der Waals surface area contributed by atoms with Gasteiger partial charge in [-0.05, 0) is 48.7 Å². The third kappa shape index (κ3) is 6.32. The van der Waals surface area contributed by atoms with Gasteiger partial charge in [-0.15, -0.1) is 0 Å². The summed E-state index contributed by atoms with van der Waals surface area (Å²) in [6.07, 6.45) is 1.50. The van der Waals surface area contributed by atoms with Crippen LogP contribution in [-0.2, 0) is 17.9 Å². The van der Waals surface area contributed by atoms with E-state index in [4.69, 9.17) is 4.74 Å². The Balaban J connectivity index is 1.62. The fraction of sp³-hybridized carbons (Fsp3) is 0.391. The lowest BCUT2D eigenvalue weighted by atomic mass is 10.2. The summed E-state index contributed by atoms with van der Waals surface area (Å²) in [5, 5.41) is 6.42. The quantitative estimate of drug-likeness (QED) is 0.454. The molecule has 9 heteroatoms. The van der Waals surface area contributed by atoms with Gasteiger partial charge in [-0.25, -0.2) is 4.99 Å². The van der Waals surface area contributed by atoms with E-state index in [2.05, 4.69) is 20.4 Å². The van der Waals surface area contributed by atoms with Gasteiger partial charge in [0.25, 0.3) is 0 Å². The first-order valence-electron chi connectivity index (χ1n) is 10.5. The highest BCUT2D eigenvalue weighted by atomic mass is 19.3. The van der Waals surface area contributed by atoms with E-state index in [1.807, 2.05) is 36.1 Å². The van der Waals surface area contributed by atoms with Gasteiger partial charge >= 0.3 is 6.61 Å². The van der Waals surface area contributed by atoms with E-state index < -0.39 is 6.61 Å². The van der Waals surface area contributed by atoms with Crippen LogP contribution in [0.25, 0.3) is 0 Å². The lowest BCUT2D eigenvalue weighted by Gasteiger charge is -2.16. The minimum Gasteiger partial charge on any atom is -0.493 e. The van der Waals surface area contributed by atoms with E-state index in [9.17, 15) is 13.6 Å². The molecule has 1 aliphatic heterocycles. The van der Waals surface area contributed by atoms with Crippen LogP contribution in [0, 0.1) is 0 Å². The number of guanidine groups is 1. The molecule has 0 radical (unpaired) electrons. The topological polar surface area (TPSA) is 75.2 Å². The molecule has 1 amide bonds. The SMILES string of the molecule is CCNC(=NCc1ccc(OC)c(OC(F)F)c1)NCc1ccc(N2CCCC2=O)cc1. The number of rotatable bonds is 9. The minimum absolute atomic E-state index is 0.0234. The van der Waals surface area contributed by atoms with Crippen molar-refractivity contribution in [2.45, 2.75) is 39.5 Å². The molecule has 2 N–H and O–H groups in total. The predicted octanol–water partition coefficient (Wildman–Crippen LogP) is 3.68. The average molecular weight is 446 g/mol. The maximum Gasteiger partial charge on any atom is 0.387 e. The Morgan fingerprint density at radius 1 is 1.12 bits per heavy atom. The van der Waals surface area contributed by atoms with Gasteiger partial charge in [0.05, 0.1) is 13.7 Å². The number of nitrogens with zero attached hydrogens (tertiary/aromatic N) is 2. The van der Waals surface area contributed by atoms with Crippen LogP contribution in [0.3, 0.4) is 0 Å². The maximum atomic E-state index is 12.6. The van der Waals surface area contributed by atoms with Crippen LogP contribution in [-0.4, -0.2) is 38.7 Å². The molecular weight excluding hydrogens is 418 g/mol. The molecule has 0 atom stereocenters. The third-order valence-electron chi connectivity index (χ3n) is 4.99. The summed E-state index contributed by atoms with van der Waals surface area (Å²) in [6, 6.07) is 12.7. The smallest absolute Gasteiger partial charge is 0.387 e. The summed E-state index contributed by atoms with van der Waals surface area (Å²) < 4.78 is 34.8. The first-order chi connectivity index (χ1) is 15.5. The van der Waals surface area contributed by atoms with E-state index in [0.29, 0.717) is 31.0 Å². The molecule has 2 aromatic carbocycles. The number of alkyl halides is 2. The number of halogens is 2. The predicted molar refractivity (Wildman–Crippen MR) is 119 cm³/mol. The van der Waals surface area contributed by atoms with Crippen molar-refractivity contribution in [3.63, 3.8) is 0 Å². The molecule has 0 aliphatic carbocycles. The van der Waals surface area contributed by atoms with Gasteiger partial charge in [-0.1, -0.05) is 18.2 Å². The number of hydrogen-bond donors (Lipinski definition) is 2. The largest absolute Gasteiger partial charge is 0.493 e. The molecular formula is C23H28F2N4O3. The highest BCUT2D eigenvalue weighted by molar-refractivity contribution is 5.95. The van der Waals surface area contributed by atoms with Gasteiger partial charge in [0.1, 0.15) is 0 Å². The van der Waals surface area contributed by atoms with Gasteiger partial charge in [0.15, 0.2) is 17.5 Å². The Bertz CT molecular complexity index is 935. The van der Waals surface area contributed by atoms with Crippen LogP contribution in [0.15, 0.2) is 47.5 Å². The number of ether oxygens (including phenoxy) is 2. The Hall–Kier alpha value is -3.36. The fourth-order valence-electron chi connectivity index (χ4n) is 3.42. The molecule has 0 unspecified atom stereocenters. The fourth-order valence-corrected chi connectivity index (χ4v) is 3.42. The Labute approximate surface area is 186 Å². The zero-order valence-corrected chi connectivity index (χ0v) is 18.2. The second-order valence-corrected chi connectivity index (χ2v) is 7.23. The van der Waals surface area contributed by atoms with Crippen molar-refractivity contribution in [3.05, 3.63) is 53.6 Å². The average Bonchev–Trinajstić information content (AvgIpc) is 3.21. The molecule has 3 rings (SSSR count). The number of nitrogens with one attached hydrogen (secondary N) is 2. The summed E-state index contributed by atoms with van der Waals surface area (Å²) in [5.74, 6) is 0.975. The molecule has 2 aromatic rings. The van der Waals surface area contributed by atoms with Crippen molar-refractivity contribution in [1.82, 2.24) is 10.6 Å². The Kier molecular flexibility index (Phi) is 8.24. The van der Waals surface area contributed by atoms with Crippen molar-refractivity contribution in [1.29, 1.82) is 0 Å². The van der Waals surface area contributed by atoms with Crippen LogP contribution < -0.4 is 25.0 Å². The monoisotopic (exact) mass is 446 g/mol. The van der Waals surface area contributed by atoms with E-state index in [0.717, 1.165) is 24.2 Å². The van der Waals surface area contributed by atoms with Crippen molar-refractivity contribution in [2.24, 2.45) is 4.99 Å². The van der Waals surface area contributed by atoms with Crippen LogP contribution in [0.1, 0.15) is 30.9 Å². The number of benzene rings is 2. The highest BCUT2D eigenvalue weighted by Gasteiger charge is 2.21. The maximum absolute atomic E-state index is 12.6. The number of aliphatic imine (C=N–C) groups is 1. The molecule has 1 heterocycles. The third-order valence-corrected chi connectivity index (χ3v) is 4.99. The zero-order valence-electron chi connectivity index (χ0n) is 18.2. The number of carbonyl (C=O) groups is 1. The summed E-state index contributed by atoms with van der Waals surface area (Å²) in [7, 11) is 1.40. The minimum atomic E-state index is -2.93. The molecule has 7 nitrogen and oxygen atoms in total. The normalized spacial score (nSPS) is 14.1. The van der Waals surface area contributed by atoms with Crippen molar-refractivity contribution in [3.8, 4) is 11.5 Å². The van der Waals surface area contributed by atoms with E-state index >= 15 is 0 Å². The standard InChI is InChI=1S/C23H28F2N4O3/c1-3-26-23(28-15-17-8-11-19(31-2)20(13-17)32-22(24)25)27-14-16-6-9-18(10-7-16)29-12-4-5-21(29)30/h6-11,13,22H,3-5,12,14-15H2,1-2H3,(H2,26,27,28). The van der Waals surface area contributed by atoms with Crippen LogP contribution in [0.2, 0.25) is 0 Å². The molecule has 1 fully saturated rings. The van der Waals surface area contributed by atoms with Gasteiger partial charge in [-0.2, -0.15) is 8.78 Å². The first kappa shape index (κ1) is 23.3. The molecule has 1 saturated heterocycles. The van der Waals surface area contributed by atoms with E-state index in [-0.39, 0.29) is 24.0 Å². The van der Waals surface area contributed by atoms with Gasteiger partial charge in [0, 0.05) is 31.7 Å². The van der Waals surface area contributed by atoms with Crippen LogP contribution in [0.4, 0.5) is 14.5 Å². The molecule has 172 valence electrons. The summed E-state index contributed by atoms with van der Waals surface area (Å²) in [5.41, 5.74) is 2.67. The summed E-state index contributed by atoms with van der Waals surface area (Å²) in [4.78, 5) is 18.2. The van der Waals surface area contributed by atoms with Crippen molar-refractivity contribution >= 4 is 17.6 Å². The lowest BCUT2D eigenvalue weighted by molar-refractivity contribution is -0.117. The summed E-state index contributed by atoms with van der Waals surface area (Å²) >= 11 is 0. The van der Waals surface area contributed by atoms with Gasteiger partial charge in [-0.3, -0.25) is 4.79 Å². The van der Waals surface area contributed by atoms with Gasteiger partial charge < -0.3 is 25.0 Å². The van der Waals surface area contributed by atoms with Crippen LogP contribution in [0.5, 0.6) is 11.5 Å². The number of anilines is 1. The highest BCUT2D eigenvalue weighted by Crippen LogP contribution is 2.29. The van der Waals surface area contributed by atoms with E-state index in [1.54, 1.807) is 12.1 Å². The van der Waals surface area contributed by atoms with Crippen molar-refractivity contribution in [2.75, 3.05) is 25.1 Å². The lowest BCUT2D eigenvalue weighted by Crippen LogP contribution is -2.36. The molecule has 32 heavy (non-hydrogen) atoms.